The summed E-state index contributed by atoms with van der Waals surface area (Å²) in [5, 5.41) is 0. The Kier molecular flexibility index (Phi) is 4.73. The standard InChI is InChI=1S/C14H21N3O/c1-2-7-17-8-9-18-13(11-17)4-3-12-5-6-16-14(15)10-12/h2,5-6,10,13H,1,3-4,7-9,11H2,(H2,15,16)/t13-/m0/s1. The highest BCUT2D eigenvalue weighted by Gasteiger charge is 2.19. The maximum atomic E-state index is 5.78. The van der Waals surface area contributed by atoms with Gasteiger partial charge in [0, 0.05) is 25.8 Å². The van der Waals surface area contributed by atoms with Crippen LogP contribution in [0.15, 0.2) is 31.0 Å². The fourth-order valence-corrected chi connectivity index (χ4v) is 2.28. The van der Waals surface area contributed by atoms with E-state index in [1.165, 1.54) is 5.56 Å². The van der Waals surface area contributed by atoms with Gasteiger partial charge in [-0.3, -0.25) is 4.90 Å². The van der Waals surface area contributed by atoms with E-state index in [-0.39, 0.29) is 0 Å². The van der Waals surface area contributed by atoms with Crippen molar-refractivity contribution in [3.8, 4) is 0 Å². The molecular formula is C14H21N3O. The molecule has 0 saturated carbocycles. The van der Waals surface area contributed by atoms with Crippen molar-refractivity contribution in [2.24, 2.45) is 0 Å². The molecule has 1 aromatic rings. The minimum absolute atomic E-state index is 0.313. The third kappa shape index (κ3) is 3.82. The number of nitrogens with two attached hydrogens (primary N) is 1. The van der Waals surface area contributed by atoms with Gasteiger partial charge in [-0.05, 0) is 30.5 Å². The van der Waals surface area contributed by atoms with Crippen LogP contribution in [0.1, 0.15) is 12.0 Å². The maximum absolute atomic E-state index is 5.78. The molecule has 0 unspecified atom stereocenters. The molecule has 98 valence electrons. The van der Waals surface area contributed by atoms with Crippen molar-refractivity contribution in [3.63, 3.8) is 0 Å². The summed E-state index contributed by atoms with van der Waals surface area (Å²) in [6.07, 6.45) is 6.03. The molecule has 1 aromatic heterocycles. The van der Waals surface area contributed by atoms with Gasteiger partial charge >= 0.3 is 0 Å². The van der Waals surface area contributed by atoms with Gasteiger partial charge in [-0.2, -0.15) is 0 Å². The monoisotopic (exact) mass is 247 g/mol. The van der Waals surface area contributed by atoms with E-state index >= 15 is 0 Å². The molecule has 1 aliphatic rings. The molecule has 0 bridgehead atoms. The van der Waals surface area contributed by atoms with Crippen LogP contribution in [0, 0.1) is 0 Å². The maximum Gasteiger partial charge on any atom is 0.123 e. The first kappa shape index (κ1) is 13.1. The minimum Gasteiger partial charge on any atom is -0.384 e. The van der Waals surface area contributed by atoms with E-state index in [2.05, 4.69) is 16.5 Å². The van der Waals surface area contributed by atoms with Gasteiger partial charge in [0.15, 0.2) is 0 Å². The average molecular weight is 247 g/mol. The zero-order chi connectivity index (χ0) is 12.8. The molecule has 18 heavy (non-hydrogen) atoms. The molecule has 2 heterocycles. The van der Waals surface area contributed by atoms with Crippen molar-refractivity contribution in [2.45, 2.75) is 18.9 Å². The molecule has 1 saturated heterocycles. The first-order chi connectivity index (χ1) is 8.78. The summed E-state index contributed by atoms with van der Waals surface area (Å²) >= 11 is 0. The van der Waals surface area contributed by atoms with Gasteiger partial charge in [0.1, 0.15) is 5.82 Å². The van der Waals surface area contributed by atoms with Crippen molar-refractivity contribution in [1.29, 1.82) is 0 Å². The number of pyridine rings is 1. The molecule has 0 aromatic carbocycles. The van der Waals surface area contributed by atoms with Crippen LogP contribution in [0.25, 0.3) is 0 Å². The predicted molar refractivity (Wildman–Crippen MR) is 73.3 cm³/mol. The van der Waals surface area contributed by atoms with E-state index in [9.17, 15) is 0 Å². The molecule has 0 amide bonds. The number of nitrogen functional groups attached to an aromatic ring is 1. The van der Waals surface area contributed by atoms with Crippen LogP contribution in [-0.4, -0.2) is 42.2 Å². The van der Waals surface area contributed by atoms with Crippen molar-refractivity contribution < 1.29 is 4.74 Å². The van der Waals surface area contributed by atoms with Gasteiger partial charge < -0.3 is 10.5 Å². The molecule has 2 N–H and O–H groups in total. The highest BCUT2D eigenvalue weighted by molar-refractivity contribution is 5.31. The van der Waals surface area contributed by atoms with Crippen LogP contribution in [0.4, 0.5) is 5.82 Å². The summed E-state index contributed by atoms with van der Waals surface area (Å²) in [4.78, 5) is 6.38. The van der Waals surface area contributed by atoms with E-state index in [4.69, 9.17) is 10.5 Å². The van der Waals surface area contributed by atoms with E-state index < -0.39 is 0 Å². The fraction of sp³-hybridized carbons (Fsp3) is 0.500. The van der Waals surface area contributed by atoms with Crippen molar-refractivity contribution >= 4 is 5.82 Å². The predicted octanol–water partition coefficient (Wildman–Crippen LogP) is 1.48. The van der Waals surface area contributed by atoms with Gasteiger partial charge in [-0.25, -0.2) is 4.98 Å². The highest BCUT2D eigenvalue weighted by Crippen LogP contribution is 2.13. The van der Waals surface area contributed by atoms with Crippen LogP contribution in [0.5, 0.6) is 0 Å². The summed E-state index contributed by atoms with van der Waals surface area (Å²) in [5.74, 6) is 0.588. The Morgan fingerprint density at radius 3 is 3.28 bits per heavy atom. The zero-order valence-corrected chi connectivity index (χ0v) is 10.7. The van der Waals surface area contributed by atoms with Gasteiger partial charge in [-0.1, -0.05) is 6.08 Å². The van der Waals surface area contributed by atoms with E-state index in [1.807, 2.05) is 18.2 Å². The average Bonchev–Trinajstić information content (AvgIpc) is 2.37. The normalized spacial score (nSPS) is 20.8. The Labute approximate surface area is 108 Å². The second-order valence-electron chi connectivity index (χ2n) is 4.67. The molecule has 2 rings (SSSR count). The summed E-state index contributed by atoms with van der Waals surface area (Å²) in [6.45, 7) is 7.54. The largest absolute Gasteiger partial charge is 0.384 e. The molecule has 0 radical (unpaired) electrons. The highest BCUT2D eigenvalue weighted by atomic mass is 16.5. The zero-order valence-electron chi connectivity index (χ0n) is 10.7. The van der Waals surface area contributed by atoms with Crippen molar-refractivity contribution in [3.05, 3.63) is 36.5 Å². The molecule has 1 fully saturated rings. The Hall–Kier alpha value is -1.39. The van der Waals surface area contributed by atoms with E-state index in [1.54, 1.807) is 6.20 Å². The molecule has 4 nitrogen and oxygen atoms in total. The Bertz CT molecular complexity index is 394. The lowest BCUT2D eigenvalue weighted by atomic mass is 10.1. The Balaban J connectivity index is 1.81. The minimum atomic E-state index is 0.313. The third-order valence-electron chi connectivity index (χ3n) is 3.21. The number of rotatable bonds is 5. The summed E-state index contributed by atoms with van der Waals surface area (Å²) < 4.78 is 5.78. The van der Waals surface area contributed by atoms with E-state index in [0.717, 1.165) is 39.1 Å². The lowest BCUT2D eigenvalue weighted by molar-refractivity contribution is -0.0278. The van der Waals surface area contributed by atoms with E-state index in [0.29, 0.717) is 11.9 Å². The van der Waals surface area contributed by atoms with Crippen molar-refractivity contribution in [1.82, 2.24) is 9.88 Å². The second-order valence-corrected chi connectivity index (χ2v) is 4.67. The lowest BCUT2D eigenvalue weighted by Crippen LogP contribution is -2.42. The first-order valence-corrected chi connectivity index (χ1v) is 6.43. The molecule has 0 aliphatic carbocycles. The van der Waals surface area contributed by atoms with Crippen LogP contribution in [0.2, 0.25) is 0 Å². The Morgan fingerprint density at radius 2 is 2.50 bits per heavy atom. The van der Waals surface area contributed by atoms with Crippen LogP contribution in [0.3, 0.4) is 0 Å². The van der Waals surface area contributed by atoms with Gasteiger partial charge in [0.2, 0.25) is 0 Å². The second kappa shape index (κ2) is 6.52. The third-order valence-corrected chi connectivity index (χ3v) is 3.21. The molecular weight excluding hydrogens is 226 g/mol. The Morgan fingerprint density at radius 1 is 1.61 bits per heavy atom. The molecule has 0 spiro atoms. The number of morpholine rings is 1. The smallest absolute Gasteiger partial charge is 0.123 e. The summed E-state index contributed by atoms with van der Waals surface area (Å²) in [5.41, 5.74) is 6.90. The number of nitrogens with zero attached hydrogens (tertiary/aromatic N) is 2. The number of ether oxygens (including phenoxy) is 1. The van der Waals surface area contributed by atoms with Gasteiger partial charge in [0.25, 0.3) is 0 Å². The van der Waals surface area contributed by atoms with Crippen LogP contribution >= 0.6 is 0 Å². The fourth-order valence-electron chi connectivity index (χ4n) is 2.28. The quantitative estimate of drug-likeness (QED) is 0.801. The summed E-state index contributed by atoms with van der Waals surface area (Å²) in [6, 6.07) is 3.95. The van der Waals surface area contributed by atoms with Gasteiger partial charge in [-0.15, -0.1) is 6.58 Å². The lowest BCUT2D eigenvalue weighted by Gasteiger charge is -2.32. The SMILES string of the molecule is C=CCN1CCO[C@@H](CCc2ccnc(N)c2)C1. The number of aromatic nitrogens is 1. The number of hydrogen-bond acceptors (Lipinski definition) is 4. The summed E-state index contributed by atoms with van der Waals surface area (Å²) in [7, 11) is 0. The van der Waals surface area contributed by atoms with Crippen LogP contribution < -0.4 is 5.73 Å². The molecule has 1 atom stereocenters. The molecule has 1 aliphatic heterocycles. The first-order valence-electron chi connectivity index (χ1n) is 6.43. The van der Waals surface area contributed by atoms with Crippen molar-refractivity contribution in [2.75, 3.05) is 32.0 Å². The van der Waals surface area contributed by atoms with Crippen LogP contribution in [-0.2, 0) is 11.2 Å². The number of anilines is 1. The topological polar surface area (TPSA) is 51.4 Å². The number of hydrogen-bond donors (Lipinski definition) is 1. The number of aryl methyl sites for hydroxylation is 1. The van der Waals surface area contributed by atoms with Gasteiger partial charge in [0.05, 0.1) is 12.7 Å². The molecule has 4 heteroatoms.